The van der Waals surface area contributed by atoms with E-state index in [4.69, 9.17) is 4.74 Å². The van der Waals surface area contributed by atoms with Crippen LogP contribution in [-0.4, -0.2) is 19.3 Å². The van der Waals surface area contributed by atoms with Crippen LogP contribution in [0.15, 0.2) is 22.7 Å². The van der Waals surface area contributed by atoms with Crippen molar-refractivity contribution in [2.45, 2.75) is 38.0 Å². The maximum Gasteiger partial charge on any atom is 0.137 e. The molecule has 0 amide bonds. The lowest BCUT2D eigenvalue weighted by molar-refractivity contribution is 0.0847. The van der Waals surface area contributed by atoms with Crippen LogP contribution in [0.3, 0.4) is 0 Å². The lowest BCUT2D eigenvalue weighted by Gasteiger charge is -2.19. The van der Waals surface area contributed by atoms with Gasteiger partial charge in [-0.15, -0.1) is 0 Å². The first-order valence-electron chi connectivity index (χ1n) is 5.91. The number of nitrogens with one attached hydrogen (secondary N) is 1. The van der Waals surface area contributed by atoms with Gasteiger partial charge in [-0.1, -0.05) is 6.07 Å². The monoisotopic (exact) mass is 301 g/mol. The zero-order valence-electron chi connectivity index (χ0n) is 9.88. The van der Waals surface area contributed by atoms with Gasteiger partial charge in [0, 0.05) is 19.7 Å². The van der Waals surface area contributed by atoms with E-state index < -0.39 is 0 Å². The Hall–Kier alpha value is -0.450. The van der Waals surface area contributed by atoms with Gasteiger partial charge in [-0.25, -0.2) is 4.39 Å². The highest BCUT2D eigenvalue weighted by Gasteiger charge is 2.26. The van der Waals surface area contributed by atoms with Crippen LogP contribution in [0.5, 0.6) is 0 Å². The molecule has 1 fully saturated rings. The molecule has 2 rings (SSSR count). The second kappa shape index (κ2) is 5.94. The first-order valence-corrected chi connectivity index (χ1v) is 6.70. The molecule has 1 aliphatic rings. The van der Waals surface area contributed by atoms with E-state index in [-0.39, 0.29) is 5.82 Å². The van der Waals surface area contributed by atoms with Gasteiger partial charge in [0.05, 0.1) is 10.6 Å². The second-order valence-corrected chi connectivity index (χ2v) is 5.30. The minimum atomic E-state index is -0.209. The van der Waals surface area contributed by atoms with E-state index in [0.717, 1.165) is 18.4 Å². The normalized spacial score (nSPS) is 24.2. The summed E-state index contributed by atoms with van der Waals surface area (Å²) in [6, 6.07) is 5.63. The largest absolute Gasteiger partial charge is 0.380 e. The summed E-state index contributed by atoms with van der Waals surface area (Å²) in [7, 11) is 1.75. The summed E-state index contributed by atoms with van der Waals surface area (Å²) in [5.74, 6) is -0.209. The maximum absolute atomic E-state index is 13.3. The molecule has 17 heavy (non-hydrogen) atoms. The molecule has 0 bridgehead atoms. The third-order valence-electron chi connectivity index (χ3n) is 3.31. The molecule has 0 spiro atoms. The molecule has 2 unspecified atom stereocenters. The fourth-order valence-corrected chi connectivity index (χ4v) is 2.59. The van der Waals surface area contributed by atoms with Gasteiger partial charge in [0.25, 0.3) is 0 Å². The molecular formula is C13H17BrFNO. The van der Waals surface area contributed by atoms with Crippen LogP contribution in [0.25, 0.3) is 0 Å². The Kier molecular flexibility index (Phi) is 4.54. The molecule has 0 aliphatic heterocycles. The first kappa shape index (κ1) is 13.0. The van der Waals surface area contributed by atoms with Crippen molar-refractivity contribution in [1.29, 1.82) is 0 Å². The van der Waals surface area contributed by atoms with Crippen molar-refractivity contribution < 1.29 is 9.13 Å². The lowest BCUT2D eigenvalue weighted by Crippen LogP contribution is -2.36. The molecule has 0 aromatic heterocycles. The van der Waals surface area contributed by atoms with Crippen molar-refractivity contribution in [3.63, 3.8) is 0 Å². The molecule has 4 heteroatoms. The van der Waals surface area contributed by atoms with Crippen LogP contribution in [-0.2, 0) is 11.3 Å². The van der Waals surface area contributed by atoms with Gasteiger partial charge in [-0.05, 0) is 52.9 Å². The number of hydrogen-bond donors (Lipinski definition) is 1. The van der Waals surface area contributed by atoms with Crippen molar-refractivity contribution >= 4 is 15.9 Å². The van der Waals surface area contributed by atoms with Crippen LogP contribution in [0.4, 0.5) is 4.39 Å². The van der Waals surface area contributed by atoms with Crippen molar-refractivity contribution in [1.82, 2.24) is 5.32 Å². The second-order valence-electron chi connectivity index (χ2n) is 4.44. The van der Waals surface area contributed by atoms with E-state index in [9.17, 15) is 4.39 Å². The fraction of sp³-hybridized carbons (Fsp3) is 0.538. The molecule has 2 atom stereocenters. The van der Waals surface area contributed by atoms with Crippen molar-refractivity contribution in [2.75, 3.05) is 7.11 Å². The van der Waals surface area contributed by atoms with E-state index in [1.165, 1.54) is 6.42 Å². The first-order chi connectivity index (χ1) is 8.20. The molecular weight excluding hydrogens is 285 g/mol. The summed E-state index contributed by atoms with van der Waals surface area (Å²) >= 11 is 3.15. The fourth-order valence-electron chi connectivity index (χ4n) is 2.34. The number of benzene rings is 1. The molecule has 94 valence electrons. The number of methoxy groups -OCH3 is 1. The third-order valence-corrected chi connectivity index (χ3v) is 3.95. The summed E-state index contributed by atoms with van der Waals surface area (Å²) in [6.45, 7) is 0.689. The molecule has 0 radical (unpaired) electrons. The zero-order valence-corrected chi connectivity index (χ0v) is 11.5. The lowest BCUT2D eigenvalue weighted by atomic mass is 10.1. The van der Waals surface area contributed by atoms with E-state index in [1.807, 2.05) is 6.07 Å². The number of halogens is 2. The Labute approximate surface area is 110 Å². The summed E-state index contributed by atoms with van der Waals surface area (Å²) in [6.07, 6.45) is 3.75. The average Bonchev–Trinajstić information content (AvgIpc) is 2.78. The van der Waals surface area contributed by atoms with Gasteiger partial charge < -0.3 is 10.1 Å². The predicted octanol–water partition coefficient (Wildman–Crippen LogP) is 3.25. The molecule has 1 saturated carbocycles. The molecule has 1 aliphatic carbocycles. The van der Waals surface area contributed by atoms with Crippen LogP contribution < -0.4 is 5.32 Å². The Bertz CT molecular complexity index is 386. The minimum Gasteiger partial charge on any atom is -0.380 e. The van der Waals surface area contributed by atoms with Crippen molar-refractivity contribution in [2.24, 2.45) is 0 Å². The molecule has 2 nitrogen and oxygen atoms in total. The van der Waals surface area contributed by atoms with Gasteiger partial charge in [-0.2, -0.15) is 0 Å². The number of ether oxygens (including phenoxy) is 1. The molecule has 1 aromatic carbocycles. The summed E-state index contributed by atoms with van der Waals surface area (Å²) in [4.78, 5) is 0. The summed E-state index contributed by atoms with van der Waals surface area (Å²) in [5, 5.41) is 3.44. The van der Waals surface area contributed by atoms with Gasteiger partial charge in [0.1, 0.15) is 5.82 Å². The van der Waals surface area contributed by atoms with Gasteiger partial charge in [0.15, 0.2) is 0 Å². The Morgan fingerprint density at radius 1 is 1.47 bits per heavy atom. The number of rotatable bonds is 4. The van der Waals surface area contributed by atoms with Crippen LogP contribution in [0.2, 0.25) is 0 Å². The third kappa shape index (κ3) is 3.27. The van der Waals surface area contributed by atoms with Crippen LogP contribution >= 0.6 is 15.9 Å². The van der Waals surface area contributed by atoms with Gasteiger partial charge in [0.2, 0.25) is 0 Å². The predicted molar refractivity (Wildman–Crippen MR) is 69.4 cm³/mol. The summed E-state index contributed by atoms with van der Waals surface area (Å²) < 4.78 is 19.2. The highest BCUT2D eigenvalue weighted by molar-refractivity contribution is 9.10. The Balaban J connectivity index is 1.91. The Morgan fingerprint density at radius 3 is 3.00 bits per heavy atom. The topological polar surface area (TPSA) is 21.3 Å². The maximum atomic E-state index is 13.3. The molecule has 0 saturated heterocycles. The molecule has 1 aromatic rings. The van der Waals surface area contributed by atoms with Crippen molar-refractivity contribution in [3.8, 4) is 0 Å². The van der Waals surface area contributed by atoms with E-state index in [0.29, 0.717) is 23.2 Å². The van der Waals surface area contributed by atoms with Gasteiger partial charge in [-0.3, -0.25) is 0 Å². The average molecular weight is 302 g/mol. The quantitative estimate of drug-likeness (QED) is 0.922. The number of hydrogen-bond acceptors (Lipinski definition) is 2. The minimum absolute atomic E-state index is 0.209. The van der Waals surface area contributed by atoms with Crippen molar-refractivity contribution in [3.05, 3.63) is 34.1 Å². The highest BCUT2D eigenvalue weighted by Crippen LogP contribution is 2.22. The standard InChI is InChI=1S/C13H17BrFNO/c1-17-13-4-2-3-12(13)16-8-9-5-6-10(14)11(15)7-9/h5-7,12-13,16H,2-4,8H2,1H3. The Morgan fingerprint density at radius 2 is 2.29 bits per heavy atom. The van der Waals surface area contributed by atoms with E-state index in [2.05, 4.69) is 21.2 Å². The molecule has 1 N–H and O–H groups in total. The molecule has 0 heterocycles. The van der Waals surface area contributed by atoms with Gasteiger partial charge >= 0.3 is 0 Å². The zero-order chi connectivity index (χ0) is 12.3. The highest BCUT2D eigenvalue weighted by atomic mass is 79.9. The van der Waals surface area contributed by atoms with E-state index in [1.54, 1.807) is 19.2 Å². The summed E-state index contributed by atoms with van der Waals surface area (Å²) in [5.41, 5.74) is 0.965. The smallest absolute Gasteiger partial charge is 0.137 e. The van der Waals surface area contributed by atoms with Crippen LogP contribution in [0.1, 0.15) is 24.8 Å². The SMILES string of the molecule is COC1CCCC1NCc1ccc(Br)c(F)c1. The van der Waals surface area contributed by atoms with E-state index >= 15 is 0 Å². The van der Waals surface area contributed by atoms with Crippen LogP contribution in [0, 0.1) is 5.82 Å².